The van der Waals surface area contributed by atoms with E-state index in [1.165, 1.54) is 0 Å². The normalized spacial score (nSPS) is 16.7. The van der Waals surface area contributed by atoms with E-state index in [0.717, 1.165) is 24.2 Å². The molecule has 1 N–H and O–H groups in total. The lowest BCUT2D eigenvalue weighted by Crippen LogP contribution is -2.41. The fourth-order valence-electron chi connectivity index (χ4n) is 2.80. The number of para-hydroxylation sites is 1. The summed E-state index contributed by atoms with van der Waals surface area (Å²) in [6.45, 7) is 3.71. The minimum Gasteiger partial charge on any atom is -0.496 e. The molecule has 1 fully saturated rings. The molecular weight excluding hydrogens is 308 g/mol. The molecule has 0 bridgehead atoms. The molecule has 1 heterocycles. The van der Waals surface area contributed by atoms with Crippen molar-refractivity contribution in [2.45, 2.75) is 32.3 Å². The number of ether oxygens (including phenoxy) is 2. The Kier molecular flexibility index (Phi) is 7.06. The highest BCUT2D eigenvalue weighted by atomic mass is 16.5. The van der Waals surface area contributed by atoms with E-state index < -0.39 is 0 Å². The first-order valence-electron chi connectivity index (χ1n) is 8.38. The van der Waals surface area contributed by atoms with Gasteiger partial charge in [-0.2, -0.15) is 0 Å². The van der Waals surface area contributed by atoms with Crippen molar-refractivity contribution in [3.8, 4) is 5.75 Å². The largest absolute Gasteiger partial charge is 0.496 e. The molecule has 1 aromatic rings. The van der Waals surface area contributed by atoms with Crippen LogP contribution in [0.1, 0.15) is 25.3 Å². The number of methoxy groups -OCH3 is 1. The Balaban J connectivity index is 1.79. The Bertz CT molecular complexity index is 556. The van der Waals surface area contributed by atoms with Crippen LogP contribution in [-0.4, -0.2) is 56.2 Å². The number of rotatable bonds is 8. The summed E-state index contributed by atoms with van der Waals surface area (Å²) >= 11 is 0. The van der Waals surface area contributed by atoms with Crippen molar-refractivity contribution in [1.29, 1.82) is 0 Å². The van der Waals surface area contributed by atoms with Crippen molar-refractivity contribution in [3.63, 3.8) is 0 Å². The maximum Gasteiger partial charge on any atom is 0.249 e. The molecule has 0 spiro atoms. The van der Waals surface area contributed by atoms with Crippen LogP contribution in [0.2, 0.25) is 0 Å². The molecule has 132 valence electrons. The number of hydrogen-bond acceptors (Lipinski definition) is 4. The Hall–Kier alpha value is -2.08. The van der Waals surface area contributed by atoms with Crippen LogP contribution in [0.3, 0.4) is 0 Å². The molecule has 2 rings (SSSR count). The molecule has 24 heavy (non-hydrogen) atoms. The average Bonchev–Trinajstić information content (AvgIpc) is 3.12. The van der Waals surface area contributed by atoms with Crippen LogP contribution < -0.4 is 10.1 Å². The van der Waals surface area contributed by atoms with Crippen molar-refractivity contribution in [3.05, 3.63) is 29.8 Å². The number of amides is 2. The standard InChI is InChI=1S/C18H26N2O4/c1-14(21)20(11-9-15-6-3-4-7-16(15)23-2)12-10-19-18(22)17-8-5-13-24-17/h3-4,6-7,17H,5,8-13H2,1-2H3,(H,19,22). The third-order valence-electron chi connectivity index (χ3n) is 4.19. The summed E-state index contributed by atoms with van der Waals surface area (Å²) in [5, 5.41) is 2.85. The topological polar surface area (TPSA) is 67.9 Å². The van der Waals surface area contributed by atoms with Crippen LogP contribution in [0.25, 0.3) is 0 Å². The lowest BCUT2D eigenvalue weighted by Gasteiger charge is -2.22. The van der Waals surface area contributed by atoms with Crippen molar-refractivity contribution in [1.82, 2.24) is 10.2 Å². The number of nitrogens with one attached hydrogen (secondary N) is 1. The summed E-state index contributed by atoms with van der Waals surface area (Å²) in [6, 6.07) is 7.79. The molecule has 1 aromatic carbocycles. The van der Waals surface area contributed by atoms with Crippen molar-refractivity contribution < 1.29 is 19.1 Å². The first kappa shape index (κ1) is 18.3. The summed E-state index contributed by atoms with van der Waals surface area (Å²) in [4.78, 5) is 25.5. The zero-order chi connectivity index (χ0) is 17.4. The van der Waals surface area contributed by atoms with Crippen LogP contribution in [-0.2, 0) is 20.7 Å². The molecule has 0 radical (unpaired) electrons. The van der Waals surface area contributed by atoms with E-state index >= 15 is 0 Å². The summed E-state index contributed by atoms with van der Waals surface area (Å²) in [7, 11) is 1.64. The van der Waals surface area contributed by atoms with Crippen molar-refractivity contribution in [2.75, 3.05) is 33.4 Å². The van der Waals surface area contributed by atoms with E-state index in [2.05, 4.69) is 5.32 Å². The van der Waals surface area contributed by atoms with Crippen LogP contribution in [0.4, 0.5) is 0 Å². The number of hydrogen-bond donors (Lipinski definition) is 1. The molecule has 0 saturated carbocycles. The first-order chi connectivity index (χ1) is 11.6. The van der Waals surface area contributed by atoms with Gasteiger partial charge in [-0.05, 0) is 30.9 Å². The summed E-state index contributed by atoms with van der Waals surface area (Å²) < 4.78 is 10.7. The summed E-state index contributed by atoms with van der Waals surface area (Å²) in [5.74, 6) is 0.740. The fraction of sp³-hybridized carbons (Fsp3) is 0.556. The third-order valence-corrected chi connectivity index (χ3v) is 4.19. The predicted molar refractivity (Wildman–Crippen MR) is 90.9 cm³/mol. The number of carbonyl (C=O) groups excluding carboxylic acids is 2. The van der Waals surface area contributed by atoms with Gasteiger partial charge in [0.15, 0.2) is 0 Å². The van der Waals surface area contributed by atoms with Gasteiger partial charge in [0, 0.05) is 33.2 Å². The Morgan fingerprint density at radius 2 is 2.12 bits per heavy atom. The molecule has 0 aromatic heterocycles. The lowest BCUT2D eigenvalue weighted by molar-refractivity contribution is -0.132. The second-order valence-corrected chi connectivity index (χ2v) is 5.86. The molecule has 1 unspecified atom stereocenters. The lowest BCUT2D eigenvalue weighted by atomic mass is 10.1. The van der Waals surface area contributed by atoms with Gasteiger partial charge in [0.05, 0.1) is 7.11 Å². The molecular formula is C18H26N2O4. The van der Waals surface area contributed by atoms with Gasteiger partial charge in [-0.15, -0.1) is 0 Å². The zero-order valence-electron chi connectivity index (χ0n) is 14.4. The molecule has 6 heteroatoms. The summed E-state index contributed by atoms with van der Waals surface area (Å²) in [5.41, 5.74) is 1.06. The second-order valence-electron chi connectivity index (χ2n) is 5.86. The van der Waals surface area contributed by atoms with Crippen molar-refractivity contribution >= 4 is 11.8 Å². The van der Waals surface area contributed by atoms with E-state index in [-0.39, 0.29) is 17.9 Å². The Labute approximate surface area is 143 Å². The SMILES string of the molecule is COc1ccccc1CCN(CCNC(=O)C1CCCO1)C(C)=O. The molecule has 1 aliphatic heterocycles. The minimum atomic E-state index is -0.329. The Morgan fingerprint density at radius 3 is 2.79 bits per heavy atom. The van der Waals surface area contributed by atoms with Gasteiger partial charge in [-0.25, -0.2) is 0 Å². The van der Waals surface area contributed by atoms with Crippen molar-refractivity contribution in [2.24, 2.45) is 0 Å². The van der Waals surface area contributed by atoms with Gasteiger partial charge in [-0.3, -0.25) is 9.59 Å². The molecule has 1 saturated heterocycles. The monoisotopic (exact) mass is 334 g/mol. The second kappa shape index (κ2) is 9.27. The van der Waals surface area contributed by atoms with Crippen LogP contribution in [0.5, 0.6) is 5.75 Å². The first-order valence-corrected chi connectivity index (χ1v) is 8.38. The highest BCUT2D eigenvalue weighted by molar-refractivity contribution is 5.81. The highest BCUT2D eigenvalue weighted by Crippen LogP contribution is 2.18. The zero-order valence-corrected chi connectivity index (χ0v) is 14.4. The quantitative estimate of drug-likeness (QED) is 0.780. The third kappa shape index (κ3) is 5.23. The van der Waals surface area contributed by atoms with E-state index in [1.807, 2.05) is 24.3 Å². The van der Waals surface area contributed by atoms with Gasteiger partial charge >= 0.3 is 0 Å². The van der Waals surface area contributed by atoms with Gasteiger partial charge < -0.3 is 19.7 Å². The average molecular weight is 334 g/mol. The van der Waals surface area contributed by atoms with E-state index in [1.54, 1.807) is 18.9 Å². The maximum atomic E-state index is 11.9. The van der Waals surface area contributed by atoms with Crippen LogP contribution in [0, 0.1) is 0 Å². The van der Waals surface area contributed by atoms with Gasteiger partial charge in [0.25, 0.3) is 0 Å². The predicted octanol–water partition coefficient (Wildman–Crippen LogP) is 1.38. The highest BCUT2D eigenvalue weighted by Gasteiger charge is 2.23. The molecule has 6 nitrogen and oxygen atoms in total. The summed E-state index contributed by atoms with van der Waals surface area (Å²) in [6.07, 6.45) is 2.08. The minimum absolute atomic E-state index is 0.00346. The number of carbonyl (C=O) groups is 2. The molecule has 1 aliphatic rings. The van der Waals surface area contributed by atoms with E-state index in [4.69, 9.17) is 9.47 Å². The number of nitrogens with zero attached hydrogens (tertiary/aromatic N) is 1. The van der Waals surface area contributed by atoms with Gasteiger partial charge in [0.1, 0.15) is 11.9 Å². The molecule has 0 aliphatic carbocycles. The smallest absolute Gasteiger partial charge is 0.249 e. The Morgan fingerprint density at radius 1 is 1.33 bits per heavy atom. The van der Waals surface area contributed by atoms with Gasteiger partial charge in [0.2, 0.25) is 11.8 Å². The van der Waals surface area contributed by atoms with E-state index in [9.17, 15) is 9.59 Å². The van der Waals surface area contributed by atoms with E-state index in [0.29, 0.717) is 32.7 Å². The van der Waals surface area contributed by atoms with Crippen LogP contribution in [0.15, 0.2) is 24.3 Å². The maximum absolute atomic E-state index is 11.9. The fourth-order valence-corrected chi connectivity index (χ4v) is 2.80. The molecule has 1 atom stereocenters. The van der Waals surface area contributed by atoms with Crippen LogP contribution >= 0.6 is 0 Å². The van der Waals surface area contributed by atoms with Gasteiger partial charge in [-0.1, -0.05) is 18.2 Å². The molecule has 2 amide bonds. The number of benzene rings is 1.